The third-order valence-corrected chi connectivity index (χ3v) is 3.60. The Morgan fingerprint density at radius 2 is 1.93 bits per heavy atom. The summed E-state index contributed by atoms with van der Waals surface area (Å²) in [6, 6.07) is 0.259. The van der Waals surface area contributed by atoms with E-state index in [1.807, 2.05) is 11.8 Å². The lowest BCUT2D eigenvalue weighted by molar-refractivity contribution is -0.147. The zero-order chi connectivity index (χ0) is 10.8. The standard InChI is InChI=1S/C12H21NO2/c1-9-8-15-10(2)7-13(9)12(14)11-5-3-4-6-11/h9-11H,3-8H2,1-2H3. The molecular weight excluding hydrogens is 190 g/mol. The van der Waals surface area contributed by atoms with Crippen molar-refractivity contribution >= 4 is 5.91 Å². The van der Waals surface area contributed by atoms with Gasteiger partial charge in [-0.2, -0.15) is 0 Å². The van der Waals surface area contributed by atoms with Crippen LogP contribution >= 0.6 is 0 Å². The summed E-state index contributed by atoms with van der Waals surface area (Å²) in [5.41, 5.74) is 0. The molecule has 0 aromatic rings. The molecule has 2 rings (SSSR count). The second-order valence-electron chi connectivity index (χ2n) is 4.96. The fourth-order valence-corrected chi connectivity index (χ4v) is 2.62. The number of carbonyl (C=O) groups is 1. The molecule has 15 heavy (non-hydrogen) atoms. The Balaban J connectivity index is 1.97. The Kier molecular flexibility index (Phi) is 3.29. The summed E-state index contributed by atoms with van der Waals surface area (Å²) >= 11 is 0. The minimum Gasteiger partial charge on any atom is -0.375 e. The lowest BCUT2D eigenvalue weighted by atomic mass is 10.0. The number of hydrogen-bond acceptors (Lipinski definition) is 2. The molecule has 0 spiro atoms. The van der Waals surface area contributed by atoms with Crippen molar-refractivity contribution in [2.24, 2.45) is 5.92 Å². The van der Waals surface area contributed by atoms with E-state index in [1.165, 1.54) is 12.8 Å². The number of morpholine rings is 1. The Morgan fingerprint density at radius 3 is 2.60 bits per heavy atom. The first kappa shape index (κ1) is 10.9. The van der Waals surface area contributed by atoms with Gasteiger partial charge < -0.3 is 9.64 Å². The van der Waals surface area contributed by atoms with E-state index in [2.05, 4.69) is 6.92 Å². The Morgan fingerprint density at radius 1 is 1.27 bits per heavy atom. The maximum absolute atomic E-state index is 12.2. The first-order valence-electron chi connectivity index (χ1n) is 6.10. The molecule has 1 aliphatic heterocycles. The molecule has 2 unspecified atom stereocenters. The molecule has 2 fully saturated rings. The molecule has 0 aromatic carbocycles. The van der Waals surface area contributed by atoms with Crippen molar-refractivity contribution in [3.63, 3.8) is 0 Å². The van der Waals surface area contributed by atoms with E-state index in [0.717, 1.165) is 19.4 Å². The van der Waals surface area contributed by atoms with Gasteiger partial charge in [-0.15, -0.1) is 0 Å². The van der Waals surface area contributed by atoms with Crippen LogP contribution in [0.25, 0.3) is 0 Å². The van der Waals surface area contributed by atoms with Gasteiger partial charge in [0.2, 0.25) is 5.91 Å². The predicted octanol–water partition coefficient (Wildman–Crippen LogP) is 1.81. The van der Waals surface area contributed by atoms with E-state index < -0.39 is 0 Å². The molecule has 0 aromatic heterocycles. The van der Waals surface area contributed by atoms with Gasteiger partial charge in [-0.25, -0.2) is 0 Å². The maximum atomic E-state index is 12.2. The highest BCUT2D eigenvalue weighted by Crippen LogP contribution is 2.28. The van der Waals surface area contributed by atoms with Crippen LogP contribution in [0.5, 0.6) is 0 Å². The molecule has 3 heteroatoms. The van der Waals surface area contributed by atoms with E-state index in [4.69, 9.17) is 4.74 Å². The lowest BCUT2D eigenvalue weighted by Crippen LogP contribution is -2.51. The van der Waals surface area contributed by atoms with Crippen LogP contribution in [0.4, 0.5) is 0 Å². The molecule has 1 saturated heterocycles. The molecule has 3 nitrogen and oxygen atoms in total. The van der Waals surface area contributed by atoms with Crippen LogP contribution < -0.4 is 0 Å². The van der Waals surface area contributed by atoms with Gasteiger partial charge in [0.25, 0.3) is 0 Å². The number of carbonyl (C=O) groups excluding carboxylic acids is 1. The Bertz CT molecular complexity index is 236. The van der Waals surface area contributed by atoms with Crippen LogP contribution in [0, 0.1) is 5.92 Å². The molecular formula is C12H21NO2. The summed E-state index contributed by atoms with van der Waals surface area (Å²) in [4.78, 5) is 14.3. The number of nitrogens with zero attached hydrogens (tertiary/aromatic N) is 1. The number of amides is 1. The Hall–Kier alpha value is -0.570. The third-order valence-electron chi connectivity index (χ3n) is 3.60. The molecule has 1 amide bonds. The van der Waals surface area contributed by atoms with Gasteiger partial charge in [0.05, 0.1) is 18.8 Å². The van der Waals surface area contributed by atoms with Gasteiger partial charge in [0.15, 0.2) is 0 Å². The molecule has 86 valence electrons. The van der Waals surface area contributed by atoms with Crippen LogP contribution in [0.3, 0.4) is 0 Å². The van der Waals surface area contributed by atoms with Crippen LogP contribution in [0.2, 0.25) is 0 Å². The van der Waals surface area contributed by atoms with Crippen LogP contribution in [-0.4, -0.2) is 36.1 Å². The van der Waals surface area contributed by atoms with Crippen LogP contribution in [0.15, 0.2) is 0 Å². The van der Waals surface area contributed by atoms with Crippen molar-refractivity contribution < 1.29 is 9.53 Å². The highest BCUT2D eigenvalue weighted by atomic mass is 16.5. The first-order valence-corrected chi connectivity index (χ1v) is 6.10. The van der Waals surface area contributed by atoms with Crippen molar-refractivity contribution in [1.82, 2.24) is 4.90 Å². The molecule has 1 saturated carbocycles. The molecule has 1 heterocycles. The van der Waals surface area contributed by atoms with E-state index in [1.54, 1.807) is 0 Å². The smallest absolute Gasteiger partial charge is 0.226 e. The summed E-state index contributed by atoms with van der Waals surface area (Å²) in [6.45, 7) is 5.59. The van der Waals surface area contributed by atoms with Gasteiger partial charge in [-0.1, -0.05) is 12.8 Å². The minimum absolute atomic E-state index is 0.201. The molecule has 2 atom stereocenters. The van der Waals surface area contributed by atoms with Crippen molar-refractivity contribution in [3.8, 4) is 0 Å². The van der Waals surface area contributed by atoms with Gasteiger partial charge >= 0.3 is 0 Å². The lowest BCUT2D eigenvalue weighted by Gasteiger charge is -2.38. The third kappa shape index (κ3) is 2.33. The molecule has 0 bridgehead atoms. The molecule has 0 N–H and O–H groups in total. The summed E-state index contributed by atoms with van der Waals surface area (Å²) < 4.78 is 5.54. The topological polar surface area (TPSA) is 29.5 Å². The Labute approximate surface area is 91.8 Å². The average molecular weight is 211 g/mol. The molecule has 0 radical (unpaired) electrons. The van der Waals surface area contributed by atoms with E-state index in [9.17, 15) is 4.79 Å². The van der Waals surface area contributed by atoms with Crippen LogP contribution in [-0.2, 0) is 9.53 Å². The van der Waals surface area contributed by atoms with E-state index in [0.29, 0.717) is 18.4 Å². The number of hydrogen-bond donors (Lipinski definition) is 0. The van der Waals surface area contributed by atoms with Gasteiger partial charge in [0, 0.05) is 12.5 Å². The SMILES string of the molecule is CC1CN(C(=O)C2CCCC2)C(C)CO1. The van der Waals surface area contributed by atoms with Crippen molar-refractivity contribution in [2.45, 2.75) is 51.7 Å². The molecule has 2 aliphatic rings. The van der Waals surface area contributed by atoms with Crippen molar-refractivity contribution in [3.05, 3.63) is 0 Å². The fraction of sp³-hybridized carbons (Fsp3) is 0.917. The second kappa shape index (κ2) is 4.52. The van der Waals surface area contributed by atoms with Crippen molar-refractivity contribution in [2.75, 3.05) is 13.2 Å². The number of ether oxygens (including phenoxy) is 1. The molecule has 1 aliphatic carbocycles. The highest BCUT2D eigenvalue weighted by Gasteiger charge is 2.33. The quantitative estimate of drug-likeness (QED) is 0.662. The first-order chi connectivity index (χ1) is 7.18. The van der Waals surface area contributed by atoms with E-state index in [-0.39, 0.29) is 12.1 Å². The zero-order valence-corrected chi connectivity index (χ0v) is 9.74. The maximum Gasteiger partial charge on any atom is 0.226 e. The second-order valence-corrected chi connectivity index (χ2v) is 4.96. The summed E-state index contributed by atoms with van der Waals surface area (Å²) in [7, 11) is 0. The fourth-order valence-electron chi connectivity index (χ4n) is 2.62. The van der Waals surface area contributed by atoms with Crippen molar-refractivity contribution in [1.29, 1.82) is 0 Å². The summed E-state index contributed by atoms with van der Waals surface area (Å²) in [5.74, 6) is 0.674. The van der Waals surface area contributed by atoms with Gasteiger partial charge in [-0.05, 0) is 26.7 Å². The van der Waals surface area contributed by atoms with Crippen LogP contribution in [0.1, 0.15) is 39.5 Å². The average Bonchev–Trinajstić information content (AvgIpc) is 2.74. The van der Waals surface area contributed by atoms with Gasteiger partial charge in [-0.3, -0.25) is 4.79 Å². The largest absolute Gasteiger partial charge is 0.375 e. The zero-order valence-electron chi connectivity index (χ0n) is 9.74. The normalized spacial score (nSPS) is 33.3. The minimum atomic E-state index is 0.201. The summed E-state index contributed by atoms with van der Waals surface area (Å²) in [5, 5.41) is 0. The summed E-state index contributed by atoms with van der Waals surface area (Å²) in [6.07, 6.45) is 4.84. The van der Waals surface area contributed by atoms with E-state index >= 15 is 0 Å². The number of rotatable bonds is 1. The highest BCUT2D eigenvalue weighted by molar-refractivity contribution is 5.79. The predicted molar refractivity (Wildman–Crippen MR) is 58.5 cm³/mol. The monoisotopic (exact) mass is 211 g/mol. The van der Waals surface area contributed by atoms with Gasteiger partial charge in [0.1, 0.15) is 0 Å².